The lowest BCUT2D eigenvalue weighted by atomic mass is 10.2. The highest BCUT2D eigenvalue weighted by Crippen LogP contribution is 2.29. The van der Waals surface area contributed by atoms with Gasteiger partial charge in [-0.3, -0.25) is 0 Å². The molecule has 18 heavy (non-hydrogen) atoms. The van der Waals surface area contributed by atoms with Gasteiger partial charge in [-0.15, -0.1) is 11.3 Å². The molecule has 1 N–H and O–H groups in total. The van der Waals surface area contributed by atoms with Gasteiger partial charge in [-0.25, -0.2) is 18.2 Å². The van der Waals surface area contributed by atoms with Crippen LogP contribution in [-0.2, 0) is 6.54 Å². The Balaban J connectivity index is 2.19. The highest BCUT2D eigenvalue weighted by atomic mass is 79.9. The van der Waals surface area contributed by atoms with Crippen molar-refractivity contribution in [2.24, 2.45) is 0 Å². The standard InChI is InChI=1S/C10H5BrClF3N2S/c11-7-8(14)5(13)1-6(9(7)15)16-2-4-3-17-10(12)18-4/h1,3,16H,2H2. The number of rotatable bonds is 3. The largest absolute Gasteiger partial charge is 0.378 e. The molecule has 0 saturated carbocycles. The average Bonchev–Trinajstić information content (AvgIpc) is 2.75. The van der Waals surface area contributed by atoms with Crippen LogP contribution in [0.3, 0.4) is 0 Å². The first-order valence-electron chi connectivity index (χ1n) is 4.66. The number of thiazole rings is 1. The van der Waals surface area contributed by atoms with E-state index in [9.17, 15) is 13.2 Å². The maximum absolute atomic E-state index is 13.6. The van der Waals surface area contributed by atoms with Gasteiger partial charge in [0.25, 0.3) is 0 Å². The van der Waals surface area contributed by atoms with Crippen LogP contribution in [-0.4, -0.2) is 4.98 Å². The molecule has 8 heteroatoms. The summed E-state index contributed by atoms with van der Waals surface area (Å²) in [5, 5.41) is 2.65. The fourth-order valence-electron chi connectivity index (χ4n) is 1.25. The summed E-state index contributed by atoms with van der Waals surface area (Å²) in [7, 11) is 0. The summed E-state index contributed by atoms with van der Waals surface area (Å²) in [5.74, 6) is -3.27. The first kappa shape index (κ1) is 13.6. The SMILES string of the molecule is Fc1cc(NCc2cnc(Cl)s2)c(F)c(Br)c1F. The highest BCUT2D eigenvalue weighted by Gasteiger charge is 2.16. The Hall–Kier alpha value is -0.790. The Morgan fingerprint density at radius 1 is 1.33 bits per heavy atom. The molecule has 1 heterocycles. The molecule has 96 valence electrons. The number of hydrogen-bond donors (Lipinski definition) is 1. The maximum atomic E-state index is 13.6. The van der Waals surface area contributed by atoms with Gasteiger partial charge in [-0.2, -0.15) is 0 Å². The lowest BCUT2D eigenvalue weighted by Gasteiger charge is -2.08. The molecule has 2 rings (SSSR count). The molecule has 1 aromatic heterocycles. The summed E-state index contributed by atoms with van der Waals surface area (Å²) in [6.07, 6.45) is 1.52. The smallest absolute Gasteiger partial charge is 0.183 e. The van der Waals surface area contributed by atoms with Crippen LogP contribution in [0.2, 0.25) is 4.47 Å². The van der Waals surface area contributed by atoms with E-state index in [-0.39, 0.29) is 12.2 Å². The van der Waals surface area contributed by atoms with E-state index in [1.807, 2.05) is 0 Å². The molecule has 0 aliphatic heterocycles. The number of aromatic nitrogens is 1. The molecule has 0 atom stereocenters. The van der Waals surface area contributed by atoms with Crippen molar-refractivity contribution in [3.8, 4) is 0 Å². The molecular formula is C10H5BrClF3N2S. The summed E-state index contributed by atoms with van der Waals surface area (Å²) < 4.78 is 39.6. The molecule has 0 amide bonds. The minimum Gasteiger partial charge on any atom is -0.378 e. The fourth-order valence-corrected chi connectivity index (χ4v) is 2.57. The van der Waals surface area contributed by atoms with Crippen LogP contribution < -0.4 is 5.32 Å². The molecule has 0 saturated heterocycles. The van der Waals surface area contributed by atoms with Crippen LogP contribution in [0.15, 0.2) is 16.7 Å². The van der Waals surface area contributed by atoms with Crippen LogP contribution in [0.1, 0.15) is 4.88 Å². The number of halogens is 5. The van der Waals surface area contributed by atoms with Crippen molar-refractivity contribution in [3.05, 3.63) is 43.5 Å². The van der Waals surface area contributed by atoms with Crippen LogP contribution in [0, 0.1) is 17.5 Å². The number of nitrogens with one attached hydrogen (secondary N) is 1. The zero-order chi connectivity index (χ0) is 13.3. The van der Waals surface area contributed by atoms with Crippen molar-refractivity contribution >= 4 is 44.6 Å². The van der Waals surface area contributed by atoms with Gasteiger partial charge in [0.2, 0.25) is 0 Å². The third-order valence-corrected chi connectivity index (χ3v) is 3.89. The molecule has 0 spiro atoms. The second kappa shape index (κ2) is 5.46. The van der Waals surface area contributed by atoms with Gasteiger partial charge >= 0.3 is 0 Å². The van der Waals surface area contributed by atoms with Crippen molar-refractivity contribution < 1.29 is 13.2 Å². The Bertz CT molecular complexity index is 591. The second-order valence-electron chi connectivity index (χ2n) is 3.28. The van der Waals surface area contributed by atoms with Gasteiger partial charge in [0.1, 0.15) is 0 Å². The van der Waals surface area contributed by atoms with E-state index in [2.05, 4.69) is 26.2 Å². The van der Waals surface area contributed by atoms with Gasteiger partial charge in [0.15, 0.2) is 21.9 Å². The lowest BCUT2D eigenvalue weighted by molar-refractivity contribution is 0.489. The second-order valence-corrected chi connectivity index (χ2v) is 5.77. The monoisotopic (exact) mass is 356 g/mol. The van der Waals surface area contributed by atoms with Gasteiger partial charge in [0.05, 0.1) is 16.7 Å². The predicted octanol–water partition coefficient (Wildman–Crippen LogP) is 4.59. The molecule has 1 aromatic carbocycles. The first-order valence-corrected chi connectivity index (χ1v) is 6.65. The summed E-state index contributed by atoms with van der Waals surface area (Å²) in [5.41, 5.74) is -0.134. The third kappa shape index (κ3) is 2.78. The van der Waals surface area contributed by atoms with Gasteiger partial charge in [0, 0.05) is 17.1 Å². The highest BCUT2D eigenvalue weighted by molar-refractivity contribution is 9.10. The third-order valence-electron chi connectivity index (χ3n) is 2.08. The fraction of sp³-hybridized carbons (Fsp3) is 0.100. The van der Waals surface area contributed by atoms with E-state index in [1.54, 1.807) is 0 Å². The minimum atomic E-state index is -1.25. The molecular weight excluding hydrogens is 353 g/mol. The lowest BCUT2D eigenvalue weighted by Crippen LogP contribution is -2.03. The Morgan fingerprint density at radius 2 is 2.06 bits per heavy atom. The van der Waals surface area contributed by atoms with E-state index >= 15 is 0 Å². The first-order chi connectivity index (χ1) is 8.49. The Kier molecular flexibility index (Phi) is 4.14. The summed E-state index contributed by atoms with van der Waals surface area (Å²) >= 11 is 9.50. The molecule has 2 aromatic rings. The van der Waals surface area contributed by atoms with Crippen molar-refractivity contribution in [1.82, 2.24) is 4.98 Å². The average molecular weight is 358 g/mol. The maximum Gasteiger partial charge on any atom is 0.183 e. The van der Waals surface area contributed by atoms with Crippen molar-refractivity contribution in [2.45, 2.75) is 6.54 Å². The van der Waals surface area contributed by atoms with Gasteiger partial charge in [-0.1, -0.05) is 11.6 Å². The van der Waals surface area contributed by atoms with Crippen LogP contribution in [0.25, 0.3) is 0 Å². The Morgan fingerprint density at radius 3 is 2.67 bits per heavy atom. The number of benzene rings is 1. The Labute approximate surface area is 118 Å². The summed E-state index contributed by atoms with van der Waals surface area (Å²) in [6.45, 7) is 0.221. The topological polar surface area (TPSA) is 24.9 Å². The summed E-state index contributed by atoms with van der Waals surface area (Å²) in [4.78, 5) is 4.56. The normalized spacial score (nSPS) is 10.7. The molecule has 2 nitrogen and oxygen atoms in total. The van der Waals surface area contributed by atoms with E-state index in [4.69, 9.17) is 11.6 Å². The molecule has 0 aliphatic carbocycles. The number of hydrogen-bond acceptors (Lipinski definition) is 3. The summed E-state index contributed by atoms with van der Waals surface area (Å²) in [6, 6.07) is 0.762. The van der Waals surface area contributed by atoms with Crippen LogP contribution >= 0.6 is 38.9 Å². The quantitative estimate of drug-likeness (QED) is 0.642. The predicted molar refractivity (Wildman–Crippen MR) is 68.5 cm³/mol. The molecule has 0 aliphatic rings. The minimum absolute atomic E-state index is 0.134. The van der Waals surface area contributed by atoms with Crippen molar-refractivity contribution in [1.29, 1.82) is 0 Å². The van der Waals surface area contributed by atoms with E-state index in [0.717, 1.165) is 10.9 Å². The van der Waals surface area contributed by atoms with E-state index in [0.29, 0.717) is 4.47 Å². The number of nitrogens with zero attached hydrogens (tertiary/aromatic N) is 1. The van der Waals surface area contributed by atoms with Crippen molar-refractivity contribution in [2.75, 3.05) is 5.32 Å². The van der Waals surface area contributed by atoms with Crippen LogP contribution in [0.4, 0.5) is 18.9 Å². The zero-order valence-corrected chi connectivity index (χ0v) is 11.8. The van der Waals surface area contributed by atoms with Crippen molar-refractivity contribution in [3.63, 3.8) is 0 Å². The zero-order valence-electron chi connectivity index (χ0n) is 8.61. The van der Waals surface area contributed by atoms with Gasteiger partial charge in [-0.05, 0) is 15.9 Å². The molecule has 0 fully saturated rings. The van der Waals surface area contributed by atoms with Crippen LogP contribution in [0.5, 0.6) is 0 Å². The number of anilines is 1. The molecule has 0 unspecified atom stereocenters. The molecule has 0 radical (unpaired) electrons. The van der Waals surface area contributed by atoms with E-state index < -0.39 is 21.9 Å². The van der Waals surface area contributed by atoms with E-state index in [1.165, 1.54) is 17.5 Å². The molecule has 0 bridgehead atoms. The van der Waals surface area contributed by atoms with Gasteiger partial charge < -0.3 is 5.32 Å².